The molecule has 30 heavy (non-hydrogen) atoms. The van der Waals surface area contributed by atoms with Crippen LogP contribution in [0.1, 0.15) is 37.5 Å². The van der Waals surface area contributed by atoms with Gasteiger partial charge in [0.2, 0.25) is 0 Å². The summed E-state index contributed by atoms with van der Waals surface area (Å²) in [5.41, 5.74) is 6.16. The van der Waals surface area contributed by atoms with Crippen LogP contribution in [0.4, 0.5) is 0 Å². The Kier molecular flexibility index (Phi) is 7.64. The van der Waals surface area contributed by atoms with E-state index in [-0.39, 0.29) is 11.3 Å². The first-order chi connectivity index (χ1) is 14.3. The molecule has 0 atom stereocenters. The molecule has 5 nitrogen and oxygen atoms in total. The third kappa shape index (κ3) is 6.66. The highest BCUT2D eigenvalue weighted by atomic mass is 35.5. The van der Waals surface area contributed by atoms with Crippen molar-refractivity contribution < 1.29 is 4.79 Å². The van der Waals surface area contributed by atoms with E-state index in [1.807, 2.05) is 30.3 Å². The molecule has 1 amide bonds. The Morgan fingerprint density at radius 3 is 2.30 bits per heavy atom. The van der Waals surface area contributed by atoms with Crippen LogP contribution in [0.25, 0.3) is 0 Å². The Balaban J connectivity index is 1.39. The molecule has 0 unspecified atom stereocenters. The van der Waals surface area contributed by atoms with Gasteiger partial charge in [-0.25, -0.2) is 5.43 Å². The summed E-state index contributed by atoms with van der Waals surface area (Å²) in [6, 6.07) is 16.2. The third-order valence-electron chi connectivity index (χ3n) is 5.36. The second-order valence-electron chi connectivity index (χ2n) is 8.81. The fraction of sp³-hybridized carbons (Fsp3) is 0.417. The number of nitrogens with one attached hydrogen (secondary N) is 1. The van der Waals surface area contributed by atoms with E-state index in [1.165, 1.54) is 5.56 Å². The van der Waals surface area contributed by atoms with E-state index in [0.29, 0.717) is 6.54 Å². The van der Waals surface area contributed by atoms with E-state index in [9.17, 15) is 4.79 Å². The van der Waals surface area contributed by atoms with Gasteiger partial charge in [-0.05, 0) is 28.2 Å². The first-order valence-electron chi connectivity index (χ1n) is 10.4. The maximum absolute atomic E-state index is 12.2. The second kappa shape index (κ2) is 10.2. The van der Waals surface area contributed by atoms with Crippen LogP contribution in [0, 0.1) is 0 Å². The molecular formula is C24H31ClN4O. The summed E-state index contributed by atoms with van der Waals surface area (Å²) in [7, 11) is 0. The smallest absolute Gasteiger partial charge is 0.254 e. The molecule has 6 heteroatoms. The largest absolute Gasteiger partial charge is 0.296 e. The van der Waals surface area contributed by atoms with Gasteiger partial charge in [0.15, 0.2) is 0 Å². The molecule has 0 saturated carbocycles. The van der Waals surface area contributed by atoms with Gasteiger partial charge in [-0.3, -0.25) is 14.6 Å². The Hall–Kier alpha value is -2.21. The number of rotatable bonds is 6. The van der Waals surface area contributed by atoms with Crippen LogP contribution in [0.3, 0.4) is 0 Å². The number of benzene rings is 2. The van der Waals surface area contributed by atoms with Gasteiger partial charge in [0.1, 0.15) is 0 Å². The molecule has 2 aromatic carbocycles. The topological polar surface area (TPSA) is 47.9 Å². The lowest BCUT2D eigenvalue weighted by molar-refractivity contribution is -0.122. The fourth-order valence-electron chi connectivity index (χ4n) is 3.46. The average molecular weight is 427 g/mol. The van der Waals surface area contributed by atoms with Crippen LogP contribution >= 0.6 is 11.6 Å². The maximum atomic E-state index is 12.2. The number of amides is 1. The summed E-state index contributed by atoms with van der Waals surface area (Å²) < 4.78 is 0. The number of carbonyl (C=O) groups is 1. The number of halogens is 1. The fourth-order valence-corrected chi connectivity index (χ4v) is 3.65. The number of hydrazone groups is 1. The lowest BCUT2D eigenvalue weighted by Crippen LogP contribution is -2.48. The standard InChI is InChI=1S/C24H31ClN4O/c1-24(2,3)21-10-8-19(9-11-21)16-26-27-23(30)18-29-14-12-28(13-15-29)17-20-6-4-5-7-22(20)25/h4-11,16H,12-15,17-18H2,1-3H3,(H,27,30). The van der Waals surface area contributed by atoms with Crippen molar-refractivity contribution in [2.75, 3.05) is 32.7 Å². The molecule has 0 aromatic heterocycles. The Morgan fingerprint density at radius 2 is 1.67 bits per heavy atom. The van der Waals surface area contributed by atoms with Crippen molar-refractivity contribution in [2.45, 2.75) is 32.7 Å². The lowest BCUT2D eigenvalue weighted by Gasteiger charge is -2.34. The van der Waals surface area contributed by atoms with Crippen LogP contribution in [-0.4, -0.2) is 54.6 Å². The van der Waals surface area contributed by atoms with Gasteiger partial charge in [-0.15, -0.1) is 0 Å². The van der Waals surface area contributed by atoms with Gasteiger partial charge in [-0.1, -0.05) is 74.8 Å². The maximum Gasteiger partial charge on any atom is 0.254 e. The molecule has 0 spiro atoms. The van der Waals surface area contributed by atoms with Crippen LogP contribution < -0.4 is 5.43 Å². The summed E-state index contributed by atoms with van der Waals surface area (Å²) in [5, 5.41) is 4.91. The minimum atomic E-state index is -0.0860. The Labute approximate surface area is 184 Å². The Morgan fingerprint density at radius 1 is 1.03 bits per heavy atom. The van der Waals surface area contributed by atoms with Crippen molar-refractivity contribution in [3.05, 3.63) is 70.2 Å². The van der Waals surface area contributed by atoms with Crippen LogP contribution in [0.2, 0.25) is 5.02 Å². The molecule has 0 radical (unpaired) electrons. The average Bonchev–Trinajstić information content (AvgIpc) is 2.71. The number of hydrogen-bond acceptors (Lipinski definition) is 4. The van der Waals surface area contributed by atoms with Crippen molar-refractivity contribution in [3.8, 4) is 0 Å². The first kappa shape index (κ1) is 22.5. The van der Waals surface area contributed by atoms with Crippen LogP contribution in [0.15, 0.2) is 53.6 Å². The highest BCUT2D eigenvalue weighted by molar-refractivity contribution is 6.31. The summed E-state index contributed by atoms with van der Waals surface area (Å²) in [5.74, 6) is -0.0860. The second-order valence-corrected chi connectivity index (χ2v) is 9.22. The van der Waals surface area contributed by atoms with Crippen molar-refractivity contribution in [3.63, 3.8) is 0 Å². The summed E-state index contributed by atoms with van der Waals surface area (Å²) >= 11 is 6.26. The van der Waals surface area contributed by atoms with Crippen molar-refractivity contribution in [2.24, 2.45) is 5.10 Å². The molecule has 1 heterocycles. The van der Waals surface area contributed by atoms with Gasteiger partial charge < -0.3 is 0 Å². The molecule has 160 valence electrons. The SMILES string of the molecule is CC(C)(C)c1ccc(C=NNC(=O)CN2CCN(Cc3ccccc3Cl)CC2)cc1. The molecule has 1 aliphatic heterocycles. The summed E-state index contributed by atoms with van der Waals surface area (Å²) in [6.45, 7) is 11.3. The quantitative estimate of drug-likeness (QED) is 0.562. The summed E-state index contributed by atoms with van der Waals surface area (Å²) in [4.78, 5) is 16.7. The normalized spacial score (nSPS) is 16.1. The lowest BCUT2D eigenvalue weighted by atomic mass is 9.87. The third-order valence-corrected chi connectivity index (χ3v) is 5.73. The highest BCUT2D eigenvalue weighted by Crippen LogP contribution is 2.21. The molecule has 1 aliphatic rings. The van der Waals surface area contributed by atoms with Gasteiger partial charge in [0.25, 0.3) is 5.91 Å². The van der Waals surface area contributed by atoms with E-state index in [2.05, 4.69) is 59.3 Å². The minimum Gasteiger partial charge on any atom is -0.296 e. The monoisotopic (exact) mass is 426 g/mol. The molecule has 0 aliphatic carbocycles. The van der Waals surface area contributed by atoms with Crippen LogP contribution in [-0.2, 0) is 16.8 Å². The molecule has 1 saturated heterocycles. The zero-order valence-electron chi connectivity index (χ0n) is 18.1. The highest BCUT2D eigenvalue weighted by Gasteiger charge is 2.19. The van der Waals surface area contributed by atoms with E-state index < -0.39 is 0 Å². The number of hydrogen-bond donors (Lipinski definition) is 1. The van der Waals surface area contributed by atoms with Crippen LogP contribution in [0.5, 0.6) is 0 Å². The van der Waals surface area contributed by atoms with Crippen molar-refractivity contribution in [1.29, 1.82) is 0 Å². The predicted octanol–water partition coefficient (Wildman–Crippen LogP) is 3.91. The zero-order valence-corrected chi connectivity index (χ0v) is 18.8. The molecular weight excluding hydrogens is 396 g/mol. The number of piperazine rings is 1. The Bertz CT molecular complexity index is 866. The molecule has 2 aromatic rings. The first-order valence-corrected chi connectivity index (χ1v) is 10.8. The van der Waals surface area contributed by atoms with Crippen molar-refractivity contribution in [1.82, 2.24) is 15.2 Å². The zero-order chi connectivity index (χ0) is 21.6. The van der Waals surface area contributed by atoms with Gasteiger partial charge >= 0.3 is 0 Å². The van der Waals surface area contributed by atoms with E-state index in [1.54, 1.807) is 6.21 Å². The minimum absolute atomic E-state index is 0.0860. The van der Waals surface area contributed by atoms with Gasteiger partial charge in [0.05, 0.1) is 12.8 Å². The van der Waals surface area contributed by atoms with E-state index >= 15 is 0 Å². The number of nitrogens with zero attached hydrogens (tertiary/aromatic N) is 3. The molecule has 0 bridgehead atoms. The van der Waals surface area contributed by atoms with Gasteiger partial charge in [0, 0.05) is 37.7 Å². The summed E-state index contributed by atoms with van der Waals surface area (Å²) in [6.07, 6.45) is 1.69. The van der Waals surface area contributed by atoms with Crippen molar-refractivity contribution >= 4 is 23.7 Å². The van der Waals surface area contributed by atoms with E-state index in [4.69, 9.17) is 11.6 Å². The molecule has 1 fully saturated rings. The van der Waals surface area contributed by atoms with Gasteiger partial charge in [-0.2, -0.15) is 5.10 Å². The molecule has 1 N–H and O–H groups in total. The molecule has 3 rings (SSSR count). The van der Waals surface area contributed by atoms with E-state index in [0.717, 1.165) is 48.9 Å². The predicted molar refractivity (Wildman–Crippen MR) is 124 cm³/mol. The number of carbonyl (C=O) groups excluding carboxylic acids is 1.